The fourth-order valence-electron chi connectivity index (χ4n) is 5.64. The van der Waals surface area contributed by atoms with Gasteiger partial charge in [-0.05, 0) is 53.1 Å². The first-order valence-electron chi connectivity index (χ1n) is 11.5. The molecule has 0 aliphatic heterocycles. The van der Waals surface area contributed by atoms with E-state index in [9.17, 15) is 0 Å². The minimum absolute atomic E-state index is 1.20. The number of rotatable bonds is 2. The van der Waals surface area contributed by atoms with Crippen molar-refractivity contribution in [1.82, 2.24) is 4.98 Å². The third kappa shape index (κ3) is 2.60. The summed E-state index contributed by atoms with van der Waals surface area (Å²) in [6.07, 6.45) is 0. The van der Waals surface area contributed by atoms with Gasteiger partial charge in [0, 0.05) is 27.4 Å². The van der Waals surface area contributed by atoms with E-state index in [1.807, 2.05) is 0 Å². The van der Waals surface area contributed by atoms with Gasteiger partial charge in [0.25, 0.3) is 0 Å². The van der Waals surface area contributed by atoms with Crippen molar-refractivity contribution >= 4 is 21.7 Å². The third-order valence-corrected chi connectivity index (χ3v) is 7.06. The Morgan fingerprint density at radius 3 is 1.76 bits per heavy atom. The molecular weight excluding hydrogens is 398 g/mol. The largest absolute Gasteiger partial charge is 0.354 e. The first-order chi connectivity index (χ1) is 16.2. The van der Waals surface area contributed by atoms with E-state index >= 15 is 0 Å². The lowest BCUT2D eigenvalue weighted by molar-refractivity contribution is 1.46. The molecule has 1 N–H and O–H groups in total. The molecule has 1 heteroatoms. The molecule has 156 valence electrons. The van der Waals surface area contributed by atoms with Crippen molar-refractivity contribution in [2.24, 2.45) is 0 Å². The zero-order valence-corrected chi connectivity index (χ0v) is 18.7. The van der Waals surface area contributed by atoms with Crippen molar-refractivity contribution in [2.75, 3.05) is 0 Å². The second-order valence-corrected chi connectivity index (χ2v) is 9.23. The number of nitrogens with one attached hydrogen (secondary N) is 1. The van der Waals surface area contributed by atoms with Gasteiger partial charge in [0.05, 0.1) is 5.69 Å². The number of H-pyrrole nitrogens is 1. The molecule has 6 aromatic rings. The second-order valence-electron chi connectivity index (χ2n) is 9.23. The topological polar surface area (TPSA) is 15.8 Å². The van der Waals surface area contributed by atoms with E-state index in [0.29, 0.717) is 0 Å². The first-order valence-corrected chi connectivity index (χ1v) is 11.5. The van der Waals surface area contributed by atoms with Crippen molar-refractivity contribution in [2.45, 2.75) is 13.8 Å². The Hall–Kier alpha value is -4.10. The Kier molecular flexibility index (Phi) is 3.75. The molecule has 0 atom stereocenters. The highest BCUT2D eigenvalue weighted by Crippen LogP contribution is 2.53. The zero-order chi connectivity index (χ0) is 22.1. The van der Waals surface area contributed by atoms with Crippen LogP contribution in [0.3, 0.4) is 0 Å². The number of para-hydroxylation sites is 1. The average Bonchev–Trinajstić information content (AvgIpc) is 3.36. The maximum Gasteiger partial charge on any atom is 0.0551 e. The van der Waals surface area contributed by atoms with Gasteiger partial charge in [0.15, 0.2) is 0 Å². The highest BCUT2D eigenvalue weighted by Gasteiger charge is 2.28. The molecule has 0 radical (unpaired) electrons. The number of aromatic nitrogens is 1. The van der Waals surface area contributed by atoms with Crippen LogP contribution in [0.25, 0.3) is 66.3 Å². The number of hydrogen-bond donors (Lipinski definition) is 1. The standard InChI is InChI=1S/C32H23N/c1-19-7-5-9-21(17-19)23-13-15-26-30-27(32-31(26)25-11-3-4-12-28(25)33-32)16-14-24(29(23)30)22-10-6-8-20(2)18-22/h3-18,33H,1-2H3. The van der Waals surface area contributed by atoms with Gasteiger partial charge in [0.2, 0.25) is 0 Å². The molecule has 0 saturated heterocycles. The monoisotopic (exact) mass is 421 g/mol. The van der Waals surface area contributed by atoms with E-state index in [2.05, 4.69) is 116 Å². The quantitative estimate of drug-likeness (QED) is 0.287. The molecule has 0 saturated carbocycles. The smallest absolute Gasteiger partial charge is 0.0551 e. The predicted molar refractivity (Wildman–Crippen MR) is 141 cm³/mol. The van der Waals surface area contributed by atoms with Crippen LogP contribution in [0.5, 0.6) is 0 Å². The number of aromatic amines is 1. The lowest BCUT2D eigenvalue weighted by atomic mass is 9.88. The van der Waals surface area contributed by atoms with Gasteiger partial charge < -0.3 is 4.98 Å². The molecular formula is C32H23N. The molecule has 0 unspecified atom stereocenters. The molecule has 33 heavy (non-hydrogen) atoms. The summed E-state index contributed by atoms with van der Waals surface area (Å²) in [6, 6.07) is 35.7. The lowest BCUT2D eigenvalue weighted by Crippen LogP contribution is -1.90. The Bertz CT molecular complexity index is 1680. The predicted octanol–water partition coefficient (Wildman–Crippen LogP) is 8.92. The minimum atomic E-state index is 1.20. The molecule has 1 aromatic heterocycles. The van der Waals surface area contributed by atoms with E-state index < -0.39 is 0 Å². The zero-order valence-electron chi connectivity index (χ0n) is 18.7. The SMILES string of the molecule is Cc1cccc(-c2ccc3c4c(ccc(-c5cccc(C)c5)c24)-c2c-3[nH]c3ccccc23)c1. The van der Waals surface area contributed by atoms with Crippen LogP contribution in [0.1, 0.15) is 11.1 Å². The third-order valence-electron chi connectivity index (χ3n) is 7.06. The van der Waals surface area contributed by atoms with Crippen LogP contribution < -0.4 is 0 Å². The Morgan fingerprint density at radius 2 is 1.09 bits per heavy atom. The Balaban J connectivity index is 1.64. The molecule has 0 amide bonds. The summed E-state index contributed by atoms with van der Waals surface area (Å²) in [6.45, 7) is 4.34. The van der Waals surface area contributed by atoms with E-state index in [1.54, 1.807) is 0 Å². The van der Waals surface area contributed by atoms with Crippen LogP contribution in [0, 0.1) is 13.8 Å². The number of fused-ring (bicyclic) bond motifs is 5. The van der Waals surface area contributed by atoms with Crippen LogP contribution in [-0.4, -0.2) is 4.98 Å². The molecule has 1 nitrogen and oxygen atoms in total. The van der Waals surface area contributed by atoms with Crippen LogP contribution in [-0.2, 0) is 0 Å². The van der Waals surface area contributed by atoms with E-state index in [0.717, 1.165) is 0 Å². The molecule has 0 bridgehead atoms. The molecule has 1 aliphatic rings. The minimum Gasteiger partial charge on any atom is -0.354 e. The molecule has 0 fully saturated rings. The molecule has 1 heterocycles. The molecule has 7 rings (SSSR count). The van der Waals surface area contributed by atoms with Crippen LogP contribution in [0.2, 0.25) is 0 Å². The molecule has 1 aliphatic carbocycles. The van der Waals surface area contributed by atoms with Gasteiger partial charge in [-0.1, -0.05) is 102 Å². The van der Waals surface area contributed by atoms with Gasteiger partial charge in [-0.15, -0.1) is 0 Å². The van der Waals surface area contributed by atoms with Gasteiger partial charge >= 0.3 is 0 Å². The normalized spacial score (nSPS) is 11.9. The second kappa shape index (κ2) is 6.70. The highest BCUT2D eigenvalue weighted by atomic mass is 14.7. The van der Waals surface area contributed by atoms with Crippen molar-refractivity contribution in [3.63, 3.8) is 0 Å². The van der Waals surface area contributed by atoms with Crippen molar-refractivity contribution in [1.29, 1.82) is 0 Å². The summed E-state index contributed by atoms with van der Waals surface area (Å²) >= 11 is 0. The van der Waals surface area contributed by atoms with Crippen molar-refractivity contribution in [3.05, 3.63) is 108 Å². The summed E-state index contributed by atoms with van der Waals surface area (Å²) < 4.78 is 0. The Labute approximate surface area is 193 Å². The lowest BCUT2D eigenvalue weighted by Gasteiger charge is -2.16. The average molecular weight is 422 g/mol. The summed E-state index contributed by atoms with van der Waals surface area (Å²) in [7, 11) is 0. The van der Waals surface area contributed by atoms with E-state index in [1.165, 1.54) is 77.4 Å². The van der Waals surface area contributed by atoms with Gasteiger partial charge in [-0.25, -0.2) is 0 Å². The number of hydrogen-bond acceptors (Lipinski definition) is 0. The van der Waals surface area contributed by atoms with Crippen LogP contribution in [0.15, 0.2) is 97.1 Å². The van der Waals surface area contributed by atoms with Gasteiger partial charge in [-0.2, -0.15) is 0 Å². The first kappa shape index (κ1) is 18.5. The maximum absolute atomic E-state index is 3.72. The van der Waals surface area contributed by atoms with E-state index in [-0.39, 0.29) is 0 Å². The summed E-state index contributed by atoms with van der Waals surface area (Å²) in [5.74, 6) is 0. The van der Waals surface area contributed by atoms with Gasteiger partial charge in [0.1, 0.15) is 0 Å². The van der Waals surface area contributed by atoms with Crippen molar-refractivity contribution < 1.29 is 0 Å². The summed E-state index contributed by atoms with van der Waals surface area (Å²) in [5, 5.41) is 4.00. The van der Waals surface area contributed by atoms with Crippen LogP contribution in [0.4, 0.5) is 0 Å². The fourth-order valence-corrected chi connectivity index (χ4v) is 5.64. The summed E-state index contributed by atoms with van der Waals surface area (Å²) in [4.78, 5) is 3.72. The number of aryl methyl sites for hydroxylation is 2. The van der Waals surface area contributed by atoms with Crippen LogP contribution >= 0.6 is 0 Å². The molecule has 5 aromatic carbocycles. The van der Waals surface area contributed by atoms with Crippen molar-refractivity contribution in [3.8, 4) is 44.6 Å². The molecule has 0 spiro atoms. The summed E-state index contributed by atoms with van der Waals surface area (Å²) in [5.41, 5.74) is 14.1. The Morgan fingerprint density at radius 1 is 0.515 bits per heavy atom. The fraction of sp³-hybridized carbons (Fsp3) is 0.0625. The van der Waals surface area contributed by atoms with Gasteiger partial charge in [-0.3, -0.25) is 0 Å². The highest BCUT2D eigenvalue weighted by molar-refractivity contribution is 6.26. The van der Waals surface area contributed by atoms with E-state index in [4.69, 9.17) is 0 Å². The maximum atomic E-state index is 3.72. The number of benzene rings is 5.